The van der Waals surface area contributed by atoms with Gasteiger partial charge in [-0.25, -0.2) is 23.3 Å². The van der Waals surface area contributed by atoms with E-state index in [4.69, 9.17) is 16.9 Å². The van der Waals surface area contributed by atoms with E-state index in [-0.39, 0.29) is 27.3 Å². The SMILES string of the molecule is [C-]#[N+]C(C#N)=C1CS(=O)(=O)c2ccc(C(=O)O)cc21. The minimum Gasteiger partial charge on any atom is -0.478 e. The molecule has 0 saturated heterocycles. The average molecular weight is 274 g/mol. The third kappa shape index (κ3) is 1.96. The Hall–Kier alpha value is -2.64. The van der Waals surface area contributed by atoms with Gasteiger partial charge in [-0.05, 0) is 29.3 Å². The van der Waals surface area contributed by atoms with Crippen molar-refractivity contribution in [2.45, 2.75) is 4.90 Å². The van der Waals surface area contributed by atoms with Gasteiger partial charge in [0.15, 0.2) is 9.84 Å². The smallest absolute Gasteiger partial charge is 0.335 e. The quantitative estimate of drug-likeness (QED) is 0.615. The van der Waals surface area contributed by atoms with E-state index < -0.39 is 21.6 Å². The normalized spacial score (nSPS) is 18.0. The monoisotopic (exact) mass is 274 g/mol. The van der Waals surface area contributed by atoms with E-state index in [1.807, 2.05) is 0 Å². The van der Waals surface area contributed by atoms with Crippen LogP contribution >= 0.6 is 0 Å². The molecule has 0 fully saturated rings. The van der Waals surface area contributed by atoms with Crippen LogP contribution in [0.15, 0.2) is 28.8 Å². The summed E-state index contributed by atoms with van der Waals surface area (Å²) in [5.41, 5.74) is -0.219. The molecule has 0 atom stereocenters. The molecule has 1 heterocycles. The number of carbonyl (C=O) groups is 1. The van der Waals surface area contributed by atoms with Gasteiger partial charge in [0, 0.05) is 0 Å². The van der Waals surface area contributed by atoms with Crippen LogP contribution in [0.1, 0.15) is 15.9 Å². The number of hydrogen-bond acceptors (Lipinski definition) is 4. The molecule has 1 N–H and O–H groups in total. The van der Waals surface area contributed by atoms with Crippen LogP contribution in [0.25, 0.3) is 10.4 Å². The molecule has 0 amide bonds. The van der Waals surface area contributed by atoms with E-state index in [1.54, 1.807) is 6.07 Å². The number of carboxylic acids is 1. The Morgan fingerprint density at radius 1 is 1.47 bits per heavy atom. The van der Waals surface area contributed by atoms with Gasteiger partial charge in [0.25, 0.3) is 5.70 Å². The molecule has 1 aromatic rings. The number of carboxylic acid groups (broad SMARTS) is 1. The first-order chi connectivity index (χ1) is 8.90. The van der Waals surface area contributed by atoms with Crippen molar-refractivity contribution in [3.8, 4) is 6.07 Å². The molecule has 0 saturated carbocycles. The first-order valence-corrected chi connectivity index (χ1v) is 6.67. The van der Waals surface area contributed by atoms with Crippen LogP contribution in [0, 0.1) is 17.9 Å². The highest BCUT2D eigenvalue weighted by molar-refractivity contribution is 7.92. The van der Waals surface area contributed by atoms with E-state index >= 15 is 0 Å². The number of allylic oxidation sites excluding steroid dienone is 1. The van der Waals surface area contributed by atoms with Crippen LogP contribution in [-0.4, -0.2) is 25.2 Å². The highest BCUT2D eigenvalue weighted by Gasteiger charge is 2.33. The van der Waals surface area contributed by atoms with Crippen molar-refractivity contribution in [1.82, 2.24) is 0 Å². The van der Waals surface area contributed by atoms with Crippen LogP contribution in [0.5, 0.6) is 0 Å². The number of nitrogens with zero attached hydrogens (tertiary/aromatic N) is 2. The molecule has 6 nitrogen and oxygen atoms in total. The van der Waals surface area contributed by atoms with E-state index in [1.165, 1.54) is 18.2 Å². The van der Waals surface area contributed by atoms with Gasteiger partial charge in [-0.15, -0.1) is 0 Å². The summed E-state index contributed by atoms with van der Waals surface area (Å²) in [6.07, 6.45) is 0. The zero-order valence-corrected chi connectivity index (χ0v) is 10.2. The fraction of sp³-hybridized carbons (Fsp3) is 0.0833. The van der Waals surface area contributed by atoms with E-state index in [0.717, 1.165) is 0 Å². The number of rotatable bonds is 1. The molecule has 94 valence electrons. The molecule has 0 aliphatic carbocycles. The number of sulfone groups is 1. The highest BCUT2D eigenvalue weighted by Crippen LogP contribution is 2.36. The molecule has 0 unspecified atom stereocenters. The number of nitriles is 1. The summed E-state index contributed by atoms with van der Waals surface area (Å²) >= 11 is 0. The summed E-state index contributed by atoms with van der Waals surface area (Å²) in [5, 5.41) is 17.7. The van der Waals surface area contributed by atoms with Crippen LogP contribution in [0.2, 0.25) is 0 Å². The maximum absolute atomic E-state index is 11.9. The summed E-state index contributed by atoms with van der Waals surface area (Å²) in [5.74, 6) is -1.65. The van der Waals surface area contributed by atoms with Crippen LogP contribution < -0.4 is 0 Å². The lowest BCUT2D eigenvalue weighted by Crippen LogP contribution is -2.00. The van der Waals surface area contributed by atoms with Gasteiger partial charge >= 0.3 is 5.97 Å². The predicted octanol–water partition coefficient (Wildman–Crippen LogP) is 1.33. The van der Waals surface area contributed by atoms with Crippen molar-refractivity contribution in [3.05, 3.63) is 46.4 Å². The second-order valence-corrected chi connectivity index (χ2v) is 5.78. The second kappa shape index (κ2) is 4.23. The summed E-state index contributed by atoms with van der Waals surface area (Å²) in [7, 11) is -3.61. The zero-order valence-electron chi connectivity index (χ0n) is 9.41. The summed E-state index contributed by atoms with van der Waals surface area (Å²) in [6.45, 7) is 6.87. The highest BCUT2D eigenvalue weighted by atomic mass is 32.2. The number of fused-ring (bicyclic) bond motifs is 1. The van der Waals surface area contributed by atoms with Gasteiger partial charge in [0.05, 0.1) is 28.9 Å². The topological polar surface area (TPSA) is 99.6 Å². The zero-order chi connectivity index (χ0) is 14.2. The van der Waals surface area contributed by atoms with Crippen molar-refractivity contribution in [3.63, 3.8) is 0 Å². The Balaban J connectivity index is 2.83. The van der Waals surface area contributed by atoms with Crippen molar-refractivity contribution in [1.29, 1.82) is 5.26 Å². The molecule has 1 aliphatic rings. The van der Waals surface area contributed by atoms with E-state index in [2.05, 4.69) is 4.85 Å². The Bertz CT molecular complexity index is 791. The lowest BCUT2D eigenvalue weighted by atomic mass is 10.0. The molecular weight excluding hydrogens is 268 g/mol. The average Bonchev–Trinajstić information content (AvgIpc) is 2.63. The molecular formula is C12H6N2O4S. The summed E-state index contributed by atoms with van der Waals surface area (Å²) < 4.78 is 23.8. The van der Waals surface area contributed by atoms with Crippen molar-refractivity contribution < 1.29 is 18.3 Å². The maximum atomic E-state index is 11.9. The molecule has 0 aromatic heterocycles. The standard InChI is InChI=1S/C12H6N2O4S/c1-14-10(5-13)9-6-19(17,18)11-3-2-7(12(15)16)4-8(9)11/h2-4H,6H2,(H,15,16). The number of benzene rings is 1. The maximum Gasteiger partial charge on any atom is 0.335 e. The van der Waals surface area contributed by atoms with E-state index in [0.29, 0.717) is 0 Å². The molecule has 0 bridgehead atoms. The predicted molar refractivity (Wildman–Crippen MR) is 64.6 cm³/mol. The van der Waals surface area contributed by atoms with Crippen molar-refractivity contribution >= 4 is 21.4 Å². The Labute approximate surface area is 109 Å². The van der Waals surface area contributed by atoms with Gasteiger partial charge in [0.1, 0.15) is 0 Å². The van der Waals surface area contributed by atoms with Crippen molar-refractivity contribution in [2.24, 2.45) is 0 Å². The van der Waals surface area contributed by atoms with Crippen LogP contribution in [0.3, 0.4) is 0 Å². The minimum atomic E-state index is -3.61. The van der Waals surface area contributed by atoms with Crippen LogP contribution in [-0.2, 0) is 9.84 Å². The van der Waals surface area contributed by atoms with Gasteiger partial charge in [0.2, 0.25) is 0 Å². The second-order valence-electron chi connectivity index (χ2n) is 3.83. The Morgan fingerprint density at radius 3 is 2.68 bits per heavy atom. The Morgan fingerprint density at radius 2 is 2.16 bits per heavy atom. The lowest BCUT2D eigenvalue weighted by Gasteiger charge is -2.01. The summed E-state index contributed by atoms with van der Waals surface area (Å²) in [6, 6.07) is 5.20. The molecule has 0 spiro atoms. The van der Waals surface area contributed by atoms with E-state index in [9.17, 15) is 13.2 Å². The first kappa shape index (κ1) is 12.8. The van der Waals surface area contributed by atoms with Gasteiger partial charge in [-0.1, -0.05) is 0 Å². The number of aromatic carboxylic acids is 1. The fourth-order valence-electron chi connectivity index (χ4n) is 1.87. The largest absolute Gasteiger partial charge is 0.478 e. The van der Waals surface area contributed by atoms with Crippen molar-refractivity contribution in [2.75, 3.05) is 5.75 Å². The third-order valence-electron chi connectivity index (χ3n) is 2.72. The molecule has 7 heteroatoms. The van der Waals surface area contributed by atoms with Gasteiger partial charge in [-0.2, -0.15) is 0 Å². The summed E-state index contributed by atoms with van der Waals surface area (Å²) in [4.78, 5) is 13.8. The molecule has 0 radical (unpaired) electrons. The third-order valence-corrected chi connectivity index (χ3v) is 4.42. The Kier molecular flexibility index (Phi) is 2.85. The lowest BCUT2D eigenvalue weighted by molar-refractivity contribution is 0.0696. The fourth-order valence-corrected chi connectivity index (χ4v) is 3.49. The molecule has 19 heavy (non-hydrogen) atoms. The van der Waals surface area contributed by atoms with Crippen LogP contribution in [0.4, 0.5) is 0 Å². The molecule has 2 rings (SSSR count). The minimum absolute atomic E-state index is 0.0381. The van der Waals surface area contributed by atoms with Gasteiger partial charge in [-0.3, -0.25) is 0 Å². The van der Waals surface area contributed by atoms with Gasteiger partial charge < -0.3 is 5.11 Å². The number of hydrogen-bond donors (Lipinski definition) is 1. The molecule has 1 aromatic carbocycles. The first-order valence-electron chi connectivity index (χ1n) is 5.02. The molecule has 1 aliphatic heterocycles.